The van der Waals surface area contributed by atoms with Crippen LogP contribution in [0.2, 0.25) is 0 Å². The van der Waals surface area contributed by atoms with Crippen molar-refractivity contribution in [1.29, 1.82) is 0 Å². The highest BCUT2D eigenvalue weighted by Gasteiger charge is 2.13. The first-order valence-corrected chi connectivity index (χ1v) is 4.54. The number of halogens is 1. The number of carboxylic acid groups (broad SMARTS) is 1. The lowest BCUT2D eigenvalue weighted by molar-refractivity contribution is 0.0652. The summed E-state index contributed by atoms with van der Waals surface area (Å²) in [5.74, 6) is -1.76. The summed E-state index contributed by atoms with van der Waals surface area (Å²) in [6.07, 6.45) is 0. The van der Waals surface area contributed by atoms with Crippen LogP contribution in [0.15, 0.2) is 28.8 Å². The van der Waals surface area contributed by atoms with Gasteiger partial charge in [0.1, 0.15) is 11.5 Å². The first kappa shape index (κ1) is 10.4. The summed E-state index contributed by atoms with van der Waals surface area (Å²) in [4.78, 5) is 10.6. The fourth-order valence-corrected chi connectivity index (χ4v) is 1.42. The molecule has 0 amide bonds. The highest BCUT2D eigenvalue weighted by molar-refractivity contribution is 5.85. The van der Waals surface area contributed by atoms with E-state index in [4.69, 9.17) is 5.11 Å². The van der Waals surface area contributed by atoms with Gasteiger partial charge in [-0.25, -0.2) is 9.18 Å². The zero-order valence-corrected chi connectivity index (χ0v) is 8.40. The van der Waals surface area contributed by atoms with Gasteiger partial charge in [-0.3, -0.25) is 0 Å². The van der Waals surface area contributed by atoms with Crippen molar-refractivity contribution in [3.63, 3.8) is 0 Å². The van der Waals surface area contributed by atoms with Gasteiger partial charge in [-0.05, 0) is 30.7 Å². The van der Waals surface area contributed by atoms with Crippen molar-refractivity contribution < 1.29 is 18.8 Å². The molecular formula is C11H8FNO3. The molecule has 2 aromatic rings. The molecule has 2 rings (SSSR count). The molecule has 0 spiro atoms. The number of carboxylic acids is 1. The fourth-order valence-electron chi connectivity index (χ4n) is 1.42. The number of aromatic nitrogens is 1. The van der Waals surface area contributed by atoms with Gasteiger partial charge < -0.3 is 9.63 Å². The Morgan fingerprint density at radius 1 is 1.44 bits per heavy atom. The van der Waals surface area contributed by atoms with Crippen LogP contribution in [-0.4, -0.2) is 16.2 Å². The lowest BCUT2D eigenvalue weighted by atomic mass is 10.1. The molecular weight excluding hydrogens is 213 g/mol. The molecule has 1 aromatic carbocycles. The Kier molecular flexibility index (Phi) is 2.44. The second-order valence-corrected chi connectivity index (χ2v) is 3.34. The third kappa shape index (κ3) is 1.79. The Labute approximate surface area is 90.3 Å². The number of hydrogen-bond donors (Lipinski definition) is 1. The van der Waals surface area contributed by atoms with E-state index in [-0.39, 0.29) is 11.6 Å². The fraction of sp³-hybridized carbons (Fsp3) is 0.0909. The largest absolute Gasteiger partial charge is 0.475 e. The lowest BCUT2D eigenvalue weighted by Crippen LogP contribution is -1.91. The number of carbonyl (C=O) groups is 1. The molecule has 1 N–H and O–H groups in total. The van der Waals surface area contributed by atoms with Gasteiger partial charge in [0.05, 0.1) is 0 Å². The molecule has 0 fully saturated rings. The van der Waals surface area contributed by atoms with Crippen molar-refractivity contribution in [2.45, 2.75) is 6.92 Å². The van der Waals surface area contributed by atoms with Crippen LogP contribution in [0, 0.1) is 12.7 Å². The standard InChI is InChI=1S/C11H8FNO3/c1-6-4-7(12)2-3-8(6)9-5-10(11(14)15)16-13-9/h2-5H,1H3,(H,14,15). The number of nitrogens with zero attached hydrogens (tertiary/aromatic N) is 1. The van der Waals surface area contributed by atoms with E-state index in [2.05, 4.69) is 9.68 Å². The average Bonchev–Trinajstić information content (AvgIpc) is 2.66. The lowest BCUT2D eigenvalue weighted by Gasteiger charge is -2.00. The van der Waals surface area contributed by atoms with E-state index < -0.39 is 5.97 Å². The SMILES string of the molecule is Cc1cc(F)ccc1-c1cc(C(=O)O)on1. The molecule has 0 aliphatic carbocycles. The molecule has 1 aromatic heterocycles. The normalized spacial score (nSPS) is 10.4. The van der Waals surface area contributed by atoms with Crippen molar-refractivity contribution in [3.8, 4) is 11.3 Å². The van der Waals surface area contributed by atoms with Gasteiger partial charge in [-0.2, -0.15) is 0 Å². The van der Waals surface area contributed by atoms with Gasteiger partial charge in [0.2, 0.25) is 5.76 Å². The quantitative estimate of drug-likeness (QED) is 0.846. The number of benzene rings is 1. The van der Waals surface area contributed by atoms with Crippen molar-refractivity contribution in [2.24, 2.45) is 0 Å². The monoisotopic (exact) mass is 221 g/mol. The van der Waals surface area contributed by atoms with Gasteiger partial charge in [-0.15, -0.1) is 0 Å². The third-order valence-corrected chi connectivity index (χ3v) is 2.19. The summed E-state index contributed by atoms with van der Waals surface area (Å²) in [6, 6.07) is 5.48. The molecule has 0 bridgehead atoms. The van der Waals surface area contributed by atoms with E-state index in [1.165, 1.54) is 24.3 Å². The molecule has 0 radical (unpaired) electrons. The molecule has 4 nitrogen and oxygen atoms in total. The highest BCUT2D eigenvalue weighted by atomic mass is 19.1. The van der Waals surface area contributed by atoms with Crippen molar-refractivity contribution in [2.75, 3.05) is 0 Å². The third-order valence-electron chi connectivity index (χ3n) is 2.19. The van der Waals surface area contributed by atoms with Crippen molar-refractivity contribution >= 4 is 5.97 Å². The molecule has 0 aliphatic heterocycles. The zero-order chi connectivity index (χ0) is 11.7. The Morgan fingerprint density at radius 2 is 2.19 bits per heavy atom. The molecule has 1 heterocycles. The summed E-state index contributed by atoms with van der Waals surface area (Å²) >= 11 is 0. The van der Waals surface area contributed by atoms with E-state index in [1.54, 1.807) is 6.92 Å². The topological polar surface area (TPSA) is 63.3 Å². The van der Waals surface area contributed by atoms with E-state index in [0.717, 1.165) is 0 Å². The summed E-state index contributed by atoms with van der Waals surface area (Å²) in [7, 11) is 0. The maximum absolute atomic E-state index is 12.9. The highest BCUT2D eigenvalue weighted by Crippen LogP contribution is 2.23. The van der Waals surface area contributed by atoms with Crippen molar-refractivity contribution in [3.05, 3.63) is 41.4 Å². The number of rotatable bonds is 2. The molecule has 0 atom stereocenters. The van der Waals surface area contributed by atoms with Crippen LogP contribution in [0.4, 0.5) is 4.39 Å². The maximum atomic E-state index is 12.9. The summed E-state index contributed by atoms with van der Waals surface area (Å²) in [5, 5.41) is 12.3. The van der Waals surface area contributed by atoms with Gasteiger partial charge in [0.25, 0.3) is 0 Å². The second-order valence-electron chi connectivity index (χ2n) is 3.34. The van der Waals surface area contributed by atoms with Crippen LogP contribution >= 0.6 is 0 Å². The van der Waals surface area contributed by atoms with Gasteiger partial charge >= 0.3 is 5.97 Å². The van der Waals surface area contributed by atoms with E-state index in [0.29, 0.717) is 16.8 Å². The second kappa shape index (κ2) is 3.77. The number of aromatic carboxylic acids is 1. The van der Waals surface area contributed by atoms with E-state index >= 15 is 0 Å². The van der Waals surface area contributed by atoms with Crippen LogP contribution in [-0.2, 0) is 0 Å². The van der Waals surface area contributed by atoms with Gasteiger partial charge in [-0.1, -0.05) is 5.16 Å². The van der Waals surface area contributed by atoms with Crippen LogP contribution in [0.1, 0.15) is 16.1 Å². The average molecular weight is 221 g/mol. The van der Waals surface area contributed by atoms with Crippen LogP contribution in [0.25, 0.3) is 11.3 Å². The minimum atomic E-state index is -1.18. The van der Waals surface area contributed by atoms with Gasteiger partial charge in [0, 0.05) is 11.6 Å². The first-order valence-electron chi connectivity index (χ1n) is 4.54. The minimum absolute atomic E-state index is 0.237. The van der Waals surface area contributed by atoms with Crippen LogP contribution in [0.5, 0.6) is 0 Å². The predicted molar refractivity (Wildman–Crippen MR) is 53.6 cm³/mol. The molecule has 0 aliphatic rings. The number of hydrogen-bond acceptors (Lipinski definition) is 3. The molecule has 5 heteroatoms. The molecule has 0 saturated carbocycles. The minimum Gasteiger partial charge on any atom is -0.475 e. The Hall–Kier alpha value is -2.17. The first-order chi connectivity index (χ1) is 7.58. The smallest absolute Gasteiger partial charge is 0.374 e. The van der Waals surface area contributed by atoms with E-state index in [9.17, 15) is 9.18 Å². The number of aryl methyl sites for hydroxylation is 1. The maximum Gasteiger partial charge on any atom is 0.374 e. The van der Waals surface area contributed by atoms with Crippen LogP contribution < -0.4 is 0 Å². The predicted octanol–water partition coefficient (Wildman–Crippen LogP) is 2.49. The zero-order valence-electron chi connectivity index (χ0n) is 8.40. The Morgan fingerprint density at radius 3 is 2.75 bits per heavy atom. The summed E-state index contributed by atoms with van der Waals surface area (Å²) in [5.41, 5.74) is 1.71. The van der Waals surface area contributed by atoms with Gasteiger partial charge in [0.15, 0.2) is 0 Å². The molecule has 0 unspecified atom stereocenters. The summed E-state index contributed by atoms with van der Waals surface area (Å²) < 4.78 is 17.5. The molecule has 0 saturated heterocycles. The Bertz CT molecular complexity index is 548. The van der Waals surface area contributed by atoms with Crippen molar-refractivity contribution in [1.82, 2.24) is 5.16 Å². The van der Waals surface area contributed by atoms with E-state index in [1.807, 2.05) is 0 Å². The molecule has 16 heavy (non-hydrogen) atoms. The Balaban J connectivity index is 2.46. The van der Waals surface area contributed by atoms with Crippen LogP contribution in [0.3, 0.4) is 0 Å². The molecule has 82 valence electrons. The summed E-state index contributed by atoms with van der Waals surface area (Å²) in [6.45, 7) is 1.72.